The molecule has 0 aliphatic rings. The Bertz CT molecular complexity index is 403. The third-order valence-electron chi connectivity index (χ3n) is 1.50. The van der Waals surface area contributed by atoms with E-state index in [-0.39, 0.29) is 0 Å². The number of phenols is 1. The second kappa shape index (κ2) is 3.80. The van der Waals surface area contributed by atoms with E-state index in [1.807, 2.05) is 0 Å². The molecule has 0 heterocycles. The topological polar surface area (TPSA) is 89.8 Å². The van der Waals surface area contributed by atoms with Gasteiger partial charge in [-0.25, -0.2) is 4.79 Å². The highest BCUT2D eigenvalue weighted by molar-refractivity contribution is 5.94. The van der Waals surface area contributed by atoms with Crippen molar-refractivity contribution in [3.8, 4) is 17.2 Å². The fourth-order valence-corrected chi connectivity index (χ4v) is 0.984. The van der Waals surface area contributed by atoms with Crippen LogP contribution in [0.3, 0.4) is 0 Å². The van der Waals surface area contributed by atoms with Gasteiger partial charge < -0.3 is 20.1 Å². The molecule has 0 aliphatic heterocycles. The van der Waals surface area contributed by atoms with Crippen LogP contribution in [0.15, 0.2) is 12.1 Å². The van der Waals surface area contributed by atoms with Crippen molar-refractivity contribution in [1.29, 1.82) is 0 Å². The Balaban J connectivity index is 3.15. The molecule has 1 aromatic rings. The van der Waals surface area contributed by atoms with E-state index in [0.29, 0.717) is 12.1 Å². The number of carboxylic acid groups (broad SMARTS) is 1. The molecule has 1 aromatic carbocycles. The molecule has 0 aromatic heterocycles. The number of ether oxygens (including phenoxy) is 1. The fourth-order valence-electron chi connectivity index (χ4n) is 0.984. The van der Waals surface area contributed by atoms with Crippen LogP contribution >= 0.6 is 0 Å². The average Bonchev–Trinajstić information content (AvgIpc) is 1.96. The van der Waals surface area contributed by atoms with Crippen molar-refractivity contribution >= 4 is 5.97 Å². The van der Waals surface area contributed by atoms with Gasteiger partial charge >= 0.3 is 12.3 Å². The molecule has 1 rings (SSSR count). The van der Waals surface area contributed by atoms with Gasteiger partial charge in [-0.3, -0.25) is 0 Å². The number of halogens is 3. The van der Waals surface area contributed by atoms with Crippen LogP contribution in [0.2, 0.25) is 0 Å². The maximum Gasteiger partial charge on any atom is 0.573 e. The van der Waals surface area contributed by atoms with Crippen LogP contribution in [-0.4, -0.2) is 22.5 Å². The lowest BCUT2D eigenvalue weighted by atomic mass is 10.1. The zero-order chi connectivity index (χ0) is 12.5. The van der Waals surface area contributed by atoms with Gasteiger partial charge in [0.15, 0.2) is 0 Å². The van der Waals surface area contributed by atoms with Gasteiger partial charge in [-0.1, -0.05) is 5.75 Å². The molecular weight excluding hydrogens is 233 g/mol. The first kappa shape index (κ1) is 12.0. The zero-order valence-electron chi connectivity index (χ0n) is 7.41. The Kier molecular flexibility index (Phi) is 2.84. The Hall–Kier alpha value is -2.12. The highest BCUT2D eigenvalue weighted by Gasteiger charge is 2.31. The lowest BCUT2D eigenvalue weighted by Crippen LogP contribution is -2.17. The van der Waals surface area contributed by atoms with E-state index in [0.717, 1.165) is 0 Å². The van der Waals surface area contributed by atoms with Gasteiger partial charge in [0, 0.05) is 6.07 Å². The maximum absolute atomic E-state index is 11.7. The molecule has 8 heteroatoms. The Labute approximate surface area is 86.3 Å². The third-order valence-corrected chi connectivity index (χ3v) is 1.50. The maximum atomic E-state index is 11.7. The number of rotatable bonds is 2. The van der Waals surface area contributed by atoms with E-state index in [1.54, 1.807) is 0 Å². The van der Waals surface area contributed by atoms with Crippen LogP contribution in [0.4, 0.5) is 13.2 Å². The van der Waals surface area contributed by atoms with Crippen LogP contribution in [0.25, 0.3) is 0 Å². The van der Waals surface area contributed by atoms with Crippen LogP contribution in [0.1, 0.15) is 10.4 Å². The number of hydrogen-bond donors (Lipinski definition) is 2. The number of aromatic hydroxyl groups is 1. The van der Waals surface area contributed by atoms with Gasteiger partial charge in [0.2, 0.25) is 0 Å². The Morgan fingerprint density at radius 1 is 1.38 bits per heavy atom. The first-order valence-electron chi connectivity index (χ1n) is 3.74. The minimum atomic E-state index is -5.02. The van der Waals surface area contributed by atoms with Gasteiger partial charge in [0.05, 0.1) is 5.56 Å². The second-order valence-corrected chi connectivity index (χ2v) is 2.67. The zero-order valence-corrected chi connectivity index (χ0v) is 7.41. The van der Waals surface area contributed by atoms with E-state index in [1.165, 1.54) is 0 Å². The summed E-state index contributed by atoms with van der Waals surface area (Å²) in [6, 6.07) is 0.731. The number of carboxylic acids is 1. The van der Waals surface area contributed by atoms with Crippen molar-refractivity contribution in [2.45, 2.75) is 6.36 Å². The predicted octanol–water partition coefficient (Wildman–Crippen LogP) is 1.06. The molecule has 5 nitrogen and oxygen atoms in total. The van der Waals surface area contributed by atoms with Crippen molar-refractivity contribution in [3.63, 3.8) is 0 Å². The number of carbonyl (C=O) groups is 1. The summed E-state index contributed by atoms with van der Waals surface area (Å²) >= 11 is 0. The fraction of sp³-hybridized carbons (Fsp3) is 0.125. The first-order chi connectivity index (χ1) is 7.20. The summed E-state index contributed by atoms with van der Waals surface area (Å²) in [5.41, 5.74) is -1.01. The normalized spacial score (nSPS) is 11.2. The molecule has 0 bridgehead atoms. The lowest BCUT2D eigenvalue weighted by Gasteiger charge is -2.15. The molecular formula is C8H4F3O5-. The number of aromatic carboxylic acids is 1. The number of hydrogen-bond acceptors (Lipinski definition) is 4. The predicted molar refractivity (Wildman–Crippen MR) is 41.2 cm³/mol. The third kappa shape index (κ3) is 2.69. The van der Waals surface area contributed by atoms with Crippen molar-refractivity contribution in [1.82, 2.24) is 0 Å². The smallest absolute Gasteiger partial charge is 0.573 e. The van der Waals surface area contributed by atoms with Crippen molar-refractivity contribution < 1.29 is 38.0 Å². The molecule has 16 heavy (non-hydrogen) atoms. The summed E-state index contributed by atoms with van der Waals surface area (Å²) < 4.78 is 38.6. The molecule has 0 spiro atoms. The molecule has 88 valence electrons. The molecule has 0 saturated carbocycles. The highest BCUT2D eigenvalue weighted by Crippen LogP contribution is 2.33. The monoisotopic (exact) mass is 237 g/mol. The summed E-state index contributed by atoms with van der Waals surface area (Å²) in [6.07, 6.45) is -5.02. The van der Waals surface area contributed by atoms with Gasteiger partial charge in [-0.15, -0.1) is 13.2 Å². The first-order valence-corrected chi connectivity index (χ1v) is 3.74. The minimum absolute atomic E-state index is 0.330. The summed E-state index contributed by atoms with van der Waals surface area (Å²) in [5.74, 6) is -5.06. The van der Waals surface area contributed by atoms with Crippen LogP contribution in [0.5, 0.6) is 17.2 Å². The number of benzene rings is 1. The highest BCUT2D eigenvalue weighted by atomic mass is 19.4. The van der Waals surface area contributed by atoms with Crippen LogP contribution < -0.4 is 9.84 Å². The average molecular weight is 237 g/mol. The SMILES string of the molecule is O=C(O)c1c([O-])cc(OC(F)(F)F)cc1O. The summed E-state index contributed by atoms with van der Waals surface area (Å²) in [5, 5.41) is 28.5. The van der Waals surface area contributed by atoms with E-state index in [9.17, 15) is 23.1 Å². The molecule has 0 fully saturated rings. The molecule has 0 unspecified atom stereocenters. The van der Waals surface area contributed by atoms with E-state index >= 15 is 0 Å². The summed E-state index contributed by atoms with van der Waals surface area (Å²) in [7, 11) is 0. The van der Waals surface area contributed by atoms with Crippen LogP contribution in [0, 0.1) is 0 Å². The van der Waals surface area contributed by atoms with Crippen LogP contribution in [-0.2, 0) is 0 Å². The standard InChI is InChI=1S/C8H5F3O5/c9-8(10,11)16-3-1-4(12)6(7(14)15)5(13)2-3/h1-2,12-13H,(H,14,15)/p-1. The largest absolute Gasteiger partial charge is 0.872 e. The van der Waals surface area contributed by atoms with Crippen molar-refractivity contribution in [3.05, 3.63) is 17.7 Å². The molecule has 0 amide bonds. The molecule has 0 aliphatic carbocycles. The Morgan fingerprint density at radius 2 is 1.94 bits per heavy atom. The van der Waals surface area contributed by atoms with Crippen molar-refractivity contribution in [2.24, 2.45) is 0 Å². The van der Waals surface area contributed by atoms with E-state index < -0.39 is 35.1 Å². The number of alkyl halides is 3. The minimum Gasteiger partial charge on any atom is -0.872 e. The van der Waals surface area contributed by atoms with Gasteiger partial charge in [-0.05, 0) is 6.07 Å². The molecule has 2 N–H and O–H groups in total. The lowest BCUT2D eigenvalue weighted by molar-refractivity contribution is -0.277. The second-order valence-electron chi connectivity index (χ2n) is 2.67. The molecule has 0 atom stereocenters. The van der Waals surface area contributed by atoms with Gasteiger partial charge in [0.25, 0.3) is 0 Å². The molecule has 0 saturated heterocycles. The quantitative estimate of drug-likeness (QED) is 0.802. The van der Waals surface area contributed by atoms with E-state index in [4.69, 9.17) is 10.2 Å². The summed E-state index contributed by atoms with van der Waals surface area (Å²) in [4.78, 5) is 10.4. The summed E-state index contributed by atoms with van der Waals surface area (Å²) in [6.45, 7) is 0. The Morgan fingerprint density at radius 3 is 2.31 bits per heavy atom. The van der Waals surface area contributed by atoms with Gasteiger partial charge in [-0.2, -0.15) is 0 Å². The molecule has 0 radical (unpaired) electrons. The van der Waals surface area contributed by atoms with Crippen molar-refractivity contribution in [2.75, 3.05) is 0 Å². The van der Waals surface area contributed by atoms with Gasteiger partial charge in [0.1, 0.15) is 11.5 Å². The van der Waals surface area contributed by atoms with E-state index in [2.05, 4.69) is 4.74 Å².